The van der Waals surface area contributed by atoms with Crippen molar-refractivity contribution in [3.8, 4) is 11.5 Å². The predicted molar refractivity (Wildman–Crippen MR) is 104 cm³/mol. The van der Waals surface area contributed by atoms with Crippen LogP contribution in [0.3, 0.4) is 0 Å². The molecule has 0 bridgehead atoms. The second kappa shape index (κ2) is 7.70. The lowest BCUT2D eigenvalue weighted by atomic mass is 10.1. The van der Waals surface area contributed by atoms with E-state index in [1.807, 2.05) is 38.1 Å². The number of carbonyl (C=O) groups is 2. The number of rotatable bonds is 4. The highest BCUT2D eigenvalue weighted by atomic mass is 16.5. The first-order valence-electron chi connectivity index (χ1n) is 8.85. The minimum Gasteiger partial charge on any atom is -0.493 e. The topological polar surface area (TPSA) is 59.1 Å². The first-order valence-corrected chi connectivity index (χ1v) is 8.85. The zero-order chi connectivity index (χ0) is 19.6. The molecule has 0 aromatic heterocycles. The number of piperazine rings is 1. The van der Waals surface area contributed by atoms with E-state index in [-0.39, 0.29) is 24.4 Å². The predicted octanol–water partition coefficient (Wildman–Crippen LogP) is 2.89. The molecule has 3 rings (SSSR count). The molecule has 1 aliphatic heterocycles. The Morgan fingerprint density at radius 1 is 1.07 bits per heavy atom. The Kier molecular flexibility index (Phi) is 5.35. The lowest BCUT2D eigenvalue weighted by molar-refractivity contribution is -0.121. The van der Waals surface area contributed by atoms with Crippen LogP contribution in [-0.2, 0) is 4.79 Å². The molecule has 0 unspecified atom stereocenters. The maximum Gasteiger partial charge on any atom is 0.258 e. The lowest BCUT2D eigenvalue weighted by Crippen LogP contribution is -2.57. The summed E-state index contributed by atoms with van der Waals surface area (Å²) in [6, 6.07) is 12.9. The number of amides is 2. The summed E-state index contributed by atoms with van der Waals surface area (Å²) in [4.78, 5) is 29.2. The molecular weight excluding hydrogens is 344 g/mol. The summed E-state index contributed by atoms with van der Waals surface area (Å²) in [6.07, 6.45) is 0. The number of benzene rings is 2. The number of aryl methyl sites for hydroxylation is 1. The van der Waals surface area contributed by atoms with Crippen molar-refractivity contribution >= 4 is 17.5 Å². The van der Waals surface area contributed by atoms with Gasteiger partial charge >= 0.3 is 0 Å². The lowest BCUT2D eigenvalue weighted by Gasteiger charge is -2.39. The number of hydrogen-bond acceptors (Lipinski definition) is 4. The number of carbonyl (C=O) groups excluding carboxylic acids is 2. The smallest absolute Gasteiger partial charge is 0.258 e. The van der Waals surface area contributed by atoms with Crippen LogP contribution in [0.5, 0.6) is 11.5 Å². The third kappa shape index (κ3) is 3.60. The summed E-state index contributed by atoms with van der Waals surface area (Å²) >= 11 is 0. The Morgan fingerprint density at radius 2 is 1.78 bits per heavy atom. The first kappa shape index (κ1) is 18.8. The van der Waals surface area contributed by atoms with Crippen molar-refractivity contribution in [2.75, 3.05) is 32.2 Å². The molecule has 0 N–H and O–H groups in total. The van der Waals surface area contributed by atoms with Crippen LogP contribution in [0.15, 0.2) is 42.5 Å². The van der Waals surface area contributed by atoms with Gasteiger partial charge in [0.2, 0.25) is 5.91 Å². The van der Waals surface area contributed by atoms with Gasteiger partial charge in [-0.05, 0) is 38.1 Å². The van der Waals surface area contributed by atoms with Gasteiger partial charge in [0.1, 0.15) is 6.54 Å². The Morgan fingerprint density at radius 3 is 2.41 bits per heavy atom. The Labute approximate surface area is 159 Å². The largest absolute Gasteiger partial charge is 0.493 e. The monoisotopic (exact) mass is 368 g/mol. The van der Waals surface area contributed by atoms with Gasteiger partial charge in [0.25, 0.3) is 5.91 Å². The van der Waals surface area contributed by atoms with E-state index in [2.05, 4.69) is 0 Å². The number of ether oxygens (including phenoxy) is 2. The fourth-order valence-electron chi connectivity index (χ4n) is 3.31. The van der Waals surface area contributed by atoms with E-state index in [9.17, 15) is 9.59 Å². The molecule has 2 aromatic rings. The van der Waals surface area contributed by atoms with E-state index in [1.54, 1.807) is 28.0 Å². The van der Waals surface area contributed by atoms with Gasteiger partial charge in [-0.25, -0.2) is 0 Å². The van der Waals surface area contributed by atoms with E-state index in [1.165, 1.54) is 14.2 Å². The highest BCUT2D eigenvalue weighted by Crippen LogP contribution is 2.32. The zero-order valence-corrected chi connectivity index (χ0v) is 16.1. The fraction of sp³-hybridized carbons (Fsp3) is 0.333. The molecular formula is C21H24N2O4. The van der Waals surface area contributed by atoms with Gasteiger partial charge in [0.15, 0.2) is 11.5 Å². The number of para-hydroxylation sites is 1. The molecule has 1 atom stereocenters. The van der Waals surface area contributed by atoms with E-state index in [0.717, 1.165) is 11.3 Å². The van der Waals surface area contributed by atoms with Crippen LogP contribution in [0.4, 0.5) is 5.69 Å². The fourth-order valence-corrected chi connectivity index (χ4v) is 3.31. The summed E-state index contributed by atoms with van der Waals surface area (Å²) in [7, 11) is 3.02. The van der Waals surface area contributed by atoms with Crippen LogP contribution in [-0.4, -0.2) is 50.1 Å². The third-order valence-corrected chi connectivity index (χ3v) is 4.83. The van der Waals surface area contributed by atoms with Crippen LogP contribution in [0.1, 0.15) is 22.8 Å². The molecule has 1 aliphatic rings. The summed E-state index contributed by atoms with van der Waals surface area (Å²) in [5.74, 6) is 0.522. The van der Waals surface area contributed by atoms with Crippen molar-refractivity contribution in [3.05, 3.63) is 53.6 Å². The van der Waals surface area contributed by atoms with E-state index >= 15 is 0 Å². The van der Waals surface area contributed by atoms with Crippen molar-refractivity contribution in [1.82, 2.24) is 4.90 Å². The quantitative estimate of drug-likeness (QED) is 0.833. The van der Waals surface area contributed by atoms with Gasteiger partial charge in [0, 0.05) is 18.3 Å². The standard InChI is InChI=1S/C21H24N2O4/c1-14-8-10-16(11-9-14)23-12-15(2)22(13-19(23)24)21(25)17-6-5-7-18(26-3)20(17)27-4/h5-11,15H,12-13H2,1-4H3/t15-/m1/s1. The maximum absolute atomic E-state index is 13.1. The van der Waals surface area contributed by atoms with E-state index in [0.29, 0.717) is 23.6 Å². The molecule has 142 valence electrons. The zero-order valence-electron chi connectivity index (χ0n) is 16.1. The molecule has 0 aliphatic carbocycles. The summed E-state index contributed by atoms with van der Waals surface area (Å²) < 4.78 is 10.7. The van der Waals surface area contributed by atoms with Gasteiger partial charge in [-0.2, -0.15) is 0 Å². The van der Waals surface area contributed by atoms with E-state index < -0.39 is 0 Å². The minimum absolute atomic E-state index is 0.0221. The highest BCUT2D eigenvalue weighted by Gasteiger charge is 2.35. The van der Waals surface area contributed by atoms with Gasteiger partial charge < -0.3 is 19.3 Å². The molecule has 1 fully saturated rings. The van der Waals surface area contributed by atoms with Crippen LogP contribution in [0, 0.1) is 6.92 Å². The molecule has 0 saturated carbocycles. The number of anilines is 1. The van der Waals surface area contributed by atoms with Crippen molar-refractivity contribution in [1.29, 1.82) is 0 Å². The van der Waals surface area contributed by atoms with Crippen molar-refractivity contribution in [2.45, 2.75) is 19.9 Å². The molecule has 0 radical (unpaired) electrons. The highest BCUT2D eigenvalue weighted by molar-refractivity contribution is 6.03. The molecule has 6 nitrogen and oxygen atoms in total. The van der Waals surface area contributed by atoms with Gasteiger partial charge in [0.05, 0.1) is 19.8 Å². The number of nitrogens with zero attached hydrogens (tertiary/aromatic N) is 2. The first-order chi connectivity index (χ1) is 13.0. The summed E-state index contributed by atoms with van der Waals surface area (Å²) in [5.41, 5.74) is 2.38. The summed E-state index contributed by atoms with van der Waals surface area (Å²) in [6.45, 7) is 4.42. The van der Waals surface area contributed by atoms with Crippen LogP contribution in [0.25, 0.3) is 0 Å². The molecule has 6 heteroatoms. The number of methoxy groups -OCH3 is 2. The van der Waals surface area contributed by atoms with E-state index in [4.69, 9.17) is 9.47 Å². The van der Waals surface area contributed by atoms with Crippen LogP contribution < -0.4 is 14.4 Å². The molecule has 0 spiro atoms. The molecule has 2 amide bonds. The molecule has 2 aromatic carbocycles. The van der Waals surface area contributed by atoms with Gasteiger partial charge in [-0.3, -0.25) is 9.59 Å². The van der Waals surface area contributed by atoms with Gasteiger partial charge in [-0.15, -0.1) is 0 Å². The van der Waals surface area contributed by atoms with Crippen LogP contribution in [0.2, 0.25) is 0 Å². The SMILES string of the molecule is COc1cccc(C(=O)N2CC(=O)N(c3ccc(C)cc3)C[C@H]2C)c1OC. The Bertz CT molecular complexity index is 848. The summed E-state index contributed by atoms with van der Waals surface area (Å²) in [5, 5.41) is 0. The van der Waals surface area contributed by atoms with Crippen molar-refractivity contribution in [2.24, 2.45) is 0 Å². The van der Waals surface area contributed by atoms with Crippen molar-refractivity contribution in [3.63, 3.8) is 0 Å². The molecule has 1 heterocycles. The average molecular weight is 368 g/mol. The van der Waals surface area contributed by atoms with Gasteiger partial charge in [-0.1, -0.05) is 23.8 Å². The molecule has 1 saturated heterocycles. The normalized spacial score (nSPS) is 17.0. The maximum atomic E-state index is 13.1. The second-order valence-electron chi connectivity index (χ2n) is 6.66. The second-order valence-corrected chi connectivity index (χ2v) is 6.66. The Hall–Kier alpha value is -3.02. The van der Waals surface area contributed by atoms with Crippen molar-refractivity contribution < 1.29 is 19.1 Å². The molecule has 27 heavy (non-hydrogen) atoms. The Balaban J connectivity index is 1.84. The number of hydrogen-bond donors (Lipinski definition) is 0. The minimum atomic E-state index is -0.241. The third-order valence-electron chi connectivity index (χ3n) is 4.83. The van der Waals surface area contributed by atoms with Crippen LogP contribution >= 0.6 is 0 Å². The average Bonchev–Trinajstić information content (AvgIpc) is 2.68.